The number of carbonyl (C=O) groups excluding carboxylic acids is 1. The van der Waals surface area contributed by atoms with Gasteiger partial charge in [0.1, 0.15) is 5.75 Å². The van der Waals surface area contributed by atoms with E-state index in [1.807, 2.05) is 32.3 Å². The molecule has 1 fully saturated rings. The van der Waals surface area contributed by atoms with Crippen LogP contribution in [0.25, 0.3) is 0 Å². The largest absolute Gasteiger partial charge is 0.497 e. The number of ether oxygens (including phenoxy) is 2. The zero-order chi connectivity index (χ0) is 18.3. The summed E-state index contributed by atoms with van der Waals surface area (Å²) in [6, 6.07) is 8.07. The molecule has 2 rings (SSSR count). The van der Waals surface area contributed by atoms with Gasteiger partial charge in [0.05, 0.1) is 25.2 Å². The van der Waals surface area contributed by atoms with Crippen LogP contribution in [0, 0.1) is 5.41 Å². The van der Waals surface area contributed by atoms with E-state index in [2.05, 4.69) is 21.6 Å². The molecule has 2 N–H and O–H groups in total. The highest BCUT2D eigenvalue weighted by atomic mass is 16.5. The van der Waals surface area contributed by atoms with Crippen LogP contribution in [0.3, 0.4) is 0 Å². The predicted molar refractivity (Wildman–Crippen MR) is 98.8 cm³/mol. The Morgan fingerprint density at radius 3 is 2.64 bits per heavy atom. The number of hydrogen-bond acceptors (Lipinski definition) is 5. The summed E-state index contributed by atoms with van der Waals surface area (Å²) < 4.78 is 10.7. The Bertz CT molecular complexity index is 551. The van der Waals surface area contributed by atoms with Crippen molar-refractivity contribution in [3.05, 3.63) is 29.8 Å². The van der Waals surface area contributed by atoms with E-state index in [0.29, 0.717) is 13.2 Å². The van der Waals surface area contributed by atoms with Gasteiger partial charge in [-0.05, 0) is 57.7 Å². The summed E-state index contributed by atoms with van der Waals surface area (Å²) >= 11 is 0. The van der Waals surface area contributed by atoms with E-state index in [9.17, 15) is 4.79 Å². The van der Waals surface area contributed by atoms with Crippen LogP contribution in [0.2, 0.25) is 0 Å². The molecule has 0 spiro atoms. The SMILES string of the molecule is COCC1(C(=O)NCC(c2cccc(OC)c2)N(C)C)CCNCC1. The van der Waals surface area contributed by atoms with Gasteiger partial charge in [-0.15, -0.1) is 0 Å². The van der Waals surface area contributed by atoms with Crippen molar-refractivity contribution < 1.29 is 14.3 Å². The Kier molecular flexibility index (Phi) is 7.23. The fourth-order valence-electron chi connectivity index (χ4n) is 3.44. The Morgan fingerprint density at radius 2 is 2.04 bits per heavy atom. The van der Waals surface area contributed by atoms with Gasteiger partial charge in [-0.3, -0.25) is 4.79 Å². The molecule has 1 aromatic rings. The van der Waals surface area contributed by atoms with Crippen LogP contribution in [0.1, 0.15) is 24.4 Å². The van der Waals surface area contributed by atoms with Crippen LogP contribution in [0.4, 0.5) is 0 Å². The van der Waals surface area contributed by atoms with Crippen molar-refractivity contribution in [1.29, 1.82) is 0 Å². The molecule has 6 heteroatoms. The number of carbonyl (C=O) groups is 1. The van der Waals surface area contributed by atoms with E-state index in [0.717, 1.165) is 37.2 Å². The molecule has 1 unspecified atom stereocenters. The van der Waals surface area contributed by atoms with Crippen molar-refractivity contribution in [2.45, 2.75) is 18.9 Å². The number of nitrogens with zero attached hydrogens (tertiary/aromatic N) is 1. The summed E-state index contributed by atoms with van der Waals surface area (Å²) in [5, 5.41) is 6.48. The van der Waals surface area contributed by atoms with E-state index in [1.165, 1.54) is 0 Å². The third-order valence-corrected chi connectivity index (χ3v) is 5.02. The van der Waals surface area contributed by atoms with Crippen LogP contribution < -0.4 is 15.4 Å². The molecule has 0 aliphatic carbocycles. The minimum atomic E-state index is -0.425. The topological polar surface area (TPSA) is 62.8 Å². The van der Waals surface area contributed by atoms with E-state index < -0.39 is 5.41 Å². The van der Waals surface area contributed by atoms with Crippen LogP contribution >= 0.6 is 0 Å². The van der Waals surface area contributed by atoms with Crippen molar-refractivity contribution in [3.63, 3.8) is 0 Å². The minimum Gasteiger partial charge on any atom is -0.497 e. The van der Waals surface area contributed by atoms with Crippen molar-refractivity contribution in [2.75, 3.05) is 54.6 Å². The second-order valence-corrected chi connectivity index (χ2v) is 6.93. The summed E-state index contributed by atoms with van der Waals surface area (Å²) in [4.78, 5) is 15.0. The molecule has 25 heavy (non-hydrogen) atoms. The average molecular weight is 349 g/mol. The Labute approximate surface area is 150 Å². The summed E-state index contributed by atoms with van der Waals surface area (Å²) in [5.41, 5.74) is 0.696. The molecular weight excluding hydrogens is 318 g/mol. The molecule has 1 atom stereocenters. The summed E-state index contributed by atoms with van der Waals surface area (Å²) in [6.07, 6.45) is 1.61. The van der Waals surface area contributed by atoms with E-state index in [4.69, 9.17) is 9.47 Å². The van der Waals surface area contributed by atoms with Gasteiger partial charge >= 0.3 is 0 Å². The third-order valence-electron chi connectivity index (χ3n) is 5.02. The van der Waals surface area contributed by atoms with Gasteiger partial charge in [0.25, 0.3) is 0 Å². The molecule has 0 aromatic heterocycles. The van der Waals surface area contributed by atoms with Crippen molar-refractivity contribution in [1.82, 2.24) is 15.5 Å². The monoisotopic (exact) mass is 349 g/mol. The van der Waals surface area contributed by atoms with Crippen molar-refractivity contribution >= 4 is 5.91 Å². The third kappa shape index (κ3) is 4.93. The first-order valence-corrected chi connectivity index (χ1v) is 8.81. The lowest BCUT2D eigenvalue weighted by molar-refractivity contribution is -0.136. The first-order valence-electron chi connectivity index (χ1n) is 8.81. The molecule has 1 heterocycles. The van der Waals surface area contributed by atoms with E-state index in [-0.39, 0.29) is 11.9 Å². The molecule has 1 aromatic carbocycles. The number of amides is 1. The molecule has 0 radical (unpaired) electrons. The normalized spacial score (nSPS) is 18.0. The van der Waals surface area contributed by atoms with Crippen molar-refractivity contribution in [3.8, 4) is 5.75 Å². The lowest BCUT2D eigenvalue weighted by Gasteiger charge is -2.36. The number of rotatable bonds is 8. The molecule has 140 valence electrons. The number of nitrogens with one attached hydrogen (secondary N) is 2. The first-order chi connectivity index (χ1) is 12.0. The van der Waals surface area contributed by atoms with E-state index in [1.54, 1.807) is 14.2 Å². The maximum atomic E-state index is 12.9. The van der Waals surface area contributed by atoms with Crippen LogP contribution in [0.15, 0.2) is 24.3 Å². The Morgan fingerprint density at radius 1 is 1.32 bits per heavy atom. The van der Waals surface area contributed by atoms with Gasteiger partial charge in [0.2, 0.25) is 5.91 Å². The maximum absolute atomic E-state index is 12.9. The Hall–Kier alpha value is -1.63. The van der Waals surface area contributed by atoms with Gasteiger partial charge in [-0.25, -0.2) is 0 Å². The molecular formula is C19H31N3O3. The fraction of sp³-hybridized carbons (Fsp3) is 0.632. The number of methoxy groups -OCH3 is 2. The zero-order valence-corrected chi connectivity index (χ0v) is 15.8. The zero-order valence-electron chi connectivity index (χ0n) is 15.8. The fourth-order valence-corrected chi connectivity index (χ4v) is 3.44. The van der Waals surface area contributed by atoms with Crippen molar-refractivity contribution in [2.24, 2.45) is 5.41 Å². The second-order valence-electron chi connectivity index (χ2n) is 6.93. The lowest BCUT2D eigenvalue weighted by Crippen LogP contribution is -2.51. The highest BCUT2D eigenvalue weighted by molar-refractivity contribution is 5.83. The van der Waals surface area contributed by atoms with Gasteiger partial charge in [0.15, 0.2) is 0 Å². The van der Waals surface area contributed by atoms with E-state index >= 15 is 0 Å². The number of likely N-dealkylation sites (N-methyl/N-ethyl adjacent to an activating group) is 1. The highest BCUT2D eigenvalue weighted by Gasteiger charge is 2.39. The number of benzene rings is 1. The molecule has 1 amide bonds. The summed E-state index contributed by atoms with van der Waals surface area (Å²) in [7, 11) is 7.37. The minimum absolute atomic E-state index is 0.0837. The van der Waals surface area contributed by atoms with Crippen LogP contribution in [-0.2, 0) is 9.53 Å². The highest BCUT2D eigenvalue weighted by Crippen LogP contribution is 2.30. The molecule has 1 aliphatic rings. The Balaban J connectivity index is 2.08. The molecule has 1 aliphatic heterocycles. The second kappa shape index (κ2) is 9.17. The number of hydrogen-bond donors (Lipinski definition) is 2. The molecule has 1 saturated heterocycles. The number of piperidine rings is 1. The maximum Gasteiger partial charge on any atom is 0.228 e. The van der Waals surface area contributed by atoms with Gasteiger partial charge in [-0.1, -0.05) is 12.1 Å². The quantitative estimate of drug-likeness (QED) is 0.743. The van der Waals surface area contributed by atoms with Gasteiger partial charge in [0, 0.05) is 13.7 Å². The standard InChI is InChI=1S/C19H31N3O3/c1-22(2)17(15-6-5-7-16(12-15)25-4)13-21-18(23)19(14-24-3)8-10-20-11-9-19/h5-7,12,17,20H,8-11,13-14H2,1-4H3,(H,21,23). The summed E-state index contributed by atoms with van der Waals surface area (Å²) in [5.74, 6) is 0.912. The average Bonchev–Trinajstić information content (AvgIpc) is 2.62. The van der Waals surface area contributed by atoms with Crippen LogP contribution in [-0.4, -0.2) is 65.4 Å². The van der Waals surface area contributed by atoms with Crippen LogP contribution in [0.5, 0.6) is 5.75 Å². The van der Waals surface area contributed by atoms with Gasteiger partial charge in [-0.2, -0.15) is 0 Å². The molecule has 0 bridgehead atoms. The first kappa shape index (κ1) is 19.7. The summed E-state index contributed by atoms with van der Waals surface area (Å²) in [6.45, 7) is 2.72. The molecule has 0 saturated carbocycles. The smallest absolute Gasteiger partial charge is 0.228 e. The molecule has 6 nitrogen and oxygen atoms in total. The lowest BCUT2D eigenvalue weighted by atomic mass is 9.78. The predicted octanol–water partition coefficient (Wildman–Crippen LogP) is 1.43. The van der Waals surface area contributed by atoms with Gasteiger partial charge < -0.3 is 25.0 Å².